The molecule has 0 saturated heterocycles. The Morgan fingerprint density at radius 3 is 2.70 bits per heavy atom. The Morgan fingerprint density at radius 1 is 1.70 bits per heavy atom. The maximum absolute atomic E-state index is 10.6. The highest BCUT2D eigenvalue weighted by atomic mass is 16.6. The van der Waals surface area contributed by atoms with Crippen molar-refractivity contribution < 1.29 is 14.6 Å². The molecule has 2 N–H and O–H groups in total. The van der Waals surface area contributed by atoms with E-state index in [-0.39, 0.29) is 0 Å². The number of ether oxygens (including phenoxy) is 1. The largest absolute Gasteiger partial charge is 0.361 e. The lowest BCUT2D eigenvalue weighted by Gasteiger charge is -2.08. The van der Waals surface area contributed by atoms with Crippen molar-refractivity contribution in [1.82, 2.24) is 5.32 Å². The summed E-state index contributed by atoms with van der Waals surface area (Å²) in [5.74, 6) is -0.482. The van der Waals surface area contributed by atoms with E-state index in [0.29, 0.717) is 13.2 Å². The molecule has 0 bridgehead atoms. The van der Waals surface area contributed by atoms with Gasteiger partial charge in [0.05, 0.1) is 0 Å². The van der Waals surface area contributed by atoms with E-state index in [2.05, 4.69) is 10.1 Å². The topological polar surface area (TPSA) is 58.6 Å². The van der Waals surface area contributed by atoms with Gasteiger partial charge in [0.25, 0.3) is 5.91 Å². The number of rotatable bonds is 4. The molecule has 1 atom stereocenters. The molecule has 0 spiro atoms. The summed E-state index contributed by atoms with van der Waals surface area (Å²) in [6.07, 6.45) is -1.31. The normalized spacial score (nSPS) is 12.7. The number of carbonyl (C=O) groups is 1. The number of aliphatic hydroxyl groups is 1. The predicted octanol–water partition coefficient (Wildman–Crippen LogP) is -0.523. The Kier molecular flexibility index (Phi) is 4.88. The second-order valence-corrected chi connectivity index (χ2v) is 1.70. The maximum Gasteiger partial charge on any atom is 0.276 e. The fourth-order valence-electron chi connectivity index (χ4n) is 0.495. The van der Waals surface area contributed by atoms with Crippen molar-refractivity contribution in [1.29, 1.82) is 0 Å². The Hall–Kier alpha value is -0.610. The van der Waals surface area contributed by atoms with Gasteiger partial charge in [-0.1, -0.05) is 0 Å². The average molecular weight is 147 g/mol. The molecule has 10 heavy (non-hydrogen) atoms. The molecule has 0 saturated carbocycles. The second kappa shape index (κ2) is 5.20. The number of amides is 1. The third kappa shape index (κ3) is 3.42. The van der Waals surface area contributed by atoms with E-state index in [0.717, 1.165) is 0 Å². The van der Waals surface area contributed by atoms with Crippen molar-refractivity contribution in [3.05, 3.63) is 0 Å². The van der Waals surface area contributed by atoms with E-state index in [1.807, 2.05) is 0 Å². The van der Waals surface area contributed by atoms with E-state index >= 15 is 0 Å². The van der Waals surface area contributed by atoms with Crippen molar-refractivity contribution >= 4 is 5.91 Å². The van der Waals surface area contributed by atoms with Crippen molar-refractivity contribution in [3.8, 4) is 0 Å². The van der Waals surface area contributed by atoms with Gasteiger partial charge in [0.2, 0.25) is 6.29 Å². The number of hydrogen-bond donors (Lipinski definition) is 2. The van der Waals surface area contributed by atoms with E-state index in [1.165, 1.54) is 0 Å². The summed E-state index contributed by atoms with van der Waals surface area (Å²) in [6, 6.07) is 0. The van der Waals surface area contributed by atoms with Crippen molar-refractivity contribution in [2.75, 3.05) is 13.2 Å². The predicted molar refractivity (Wildman–Crippen MR) is 36.3 cm³/mol. The van der Waals surface area contributed by atoms with Crippen molar-refractivity contribution in [3.63, 3.8) is 0 Å². The molecule has 0 rings (SSSR count). The molecule has 4 heteroatoms. The first-order valence-corrected chi connectivity index (χ1v) is 3.29. The van der Waals surface area contributed by atoms with Crippen LogP contribution in [0.4, 0.5) is 0 Å². The zero-order valence-corrected chi connectivity index (χ0v) is 6.26. The summed E-state index contributed by atoms with van der Waals surface area (Å²) < 4.78 is 4.60. The third-order valence-electron chi connectivity index (χ3n) is 0.900. The molecular formula is C6H13NO3. The highest BCUT2D eigenvalue weighted by Gasteiger charge is 2.11. The van der Waals surface area contributed by atoms with Gasteiger partial charge in [-0.05, 0) is 13.8 Å². The molecule has 0 aromatic heterocycles. The van der Waals surface area contributed by atoms with Gasteiger partial charge in [0.1, 0.15) is 0 Å². The lowest BCUT2D eigenvalue weighted by atomic mass is 10.5. The first kappa shape index (κ1) is 9.39. The lowest BCUT2D eigenvalue weighted by Crippen LogP contribution is -2.36. The lowest BCUT2D eigenvalue weighted by molar-refractivity contribution is -0.157. The van der Waals surface area contributed by atoms with Crippen LogP contribution in [0.5, 0.6) is 0 Å². The molecule has 0 aromatic rings. The van der Waals surface area contributed by atoms with Crippen LogP contribution in [-0.4, -0.2) is 30.5 Å². The Labute approximate surface area is 60.2 Å². The molecule has 1 amide bonds. The van der Waals surface area contributed by atoms with Gasteiger partial charge in [-0.3, -0.25) is 4.79 Å². The molecule has 0 aliphatic carbocycles. The number of hydrogen-bond acceptors (Lipinski definition) is 3. The number of aliphatic hydroxyl groups excluding tert-OH is 1. The van der Waals surface area contributed by atoms with Gasteiger partial charge in [-0.2, -0.15) is 0 Å². The number of nitrogens with one attached hydrogen (secondary N) is 1. The van der Waals surface area contributed by atoms with Crippen LogP contribution >= 0.6 is 0 Å². The van der Waals surface area contributed by atoms with Gasteiger partial charge in [0, 0.05) is 13.2 Å². The van der Waals surface area contributed by atoms with Crippen LogP contribution in [0, 0.1) is 0 Å². The number of carbonyl (C=O) groups excluding carboxylic acids is 1. The Bertz CT molecular complexity index is 105. The van der Waals surface area contributed by atoms with Crippen LogP contribution in [0.2, 0.25) is 0 Å². The molecule has 0 fully saturated rings. The van der Waals surface area contributed by atoms with Crippen LogP contribution in [0.15, 0.2) is 0 Å². The summed E-state index contributed by atoms with van der Waals surface area (Å²) >= 11 is 0. The molecule has 0 aliphatic heterocycles. The molecule has 1 unspecified atom stereocenters. The zero-order valence-electron chi connectivity index (χ0n) is 6.26. The van der Waals surface area contributed by atoms with E-state index in [4.69, 9.17) is 5.11 Å². The quantitative estimate of drug-likeness (QED) is 0.526. The smallest absolute Gasteiger partial charge is 0.276 e. The molecule has 0 heterocycles. The average Bonchev–Trinajstić information content (AvgIpc) is 1.89. The van der Waals surface area contributed by atoms with Crippen LogP contribution in [0.1, 0.15) is 13.8 Å². The SMILES string of the molecule is CCNC(=O)C(O)OCC. The summed E-state index contributed by atoms with van der Waals surface area (Å²) in [6.45, 7) is 4.32. The van der Waals surface area contributed by atoms with E-state index in [1.54, 1.807) is 13.8 Å². The van der Waals surface area contributed by atoms with Crippen molar-refractivity contribution in [2.24, 2.45) is 0 Å². The number of likely N-dealkylation sites (N-methyl/N-ethyl adjacent to an activating group) is 1. The molecule has 0 radical (unpaired) electrons. The molecular weight excluding hydrogens is 134 g/mol. The fourth-order valence-corrected chi connectivity index (χ4v) is 0.495. The fraction of sp³-hybridized carbons (Fsp3) is 0.833. The molecule has 0 aromatic carbocycles. The third-order valence-corrected chi connectivity index (χ3v) is 0.900. The highest BCUT2D eigenvalue weighted by Crippen LogP contribution is 1.84. The minimum atomic E-state index is -1.31. The van der Waals surface area contributed by atoms with E-state index in [9.17, 15) is 4.79 Å². The van der Waals surface area contributed by atoms with Gasteiger partial charge in [-0.25, -0.2) is 0 Å². The minimum absolute atomic E-state index is 0.332. The van der Waals surface area contributed by atoms with E-state index < -0.39 is 12.2 Å². The Morgan fingerprint density at radius 2 is 2.30 bits per heavy atom. The standard InChI is InChI=1S/C6H13NO3/c1-3-7-5(8)6(9)10-4-2/h6,9H,3-4H2,1-2H3,(H,7,8). The van der Waals surface area contributed by atoms with Gasteiger partial charge in [0.15, 0.2) is 0 Å². The van der Waals surface area contributed by atoms with Gasteiger partial charge < -0.3 is 15.2 Å². The molecule has 60 valence electrons. The maximum atomic E-state index is 10.6. The Balaban J connectivity index is 3.49. The summed E-state index contributed by atoms with van der Waals surface area (Å²) in [7, 11) is 0. The van der Waals surface area contributed by atoms with Crippen LogP contribution in [-0.2, 0) is 9.53 Å². The summed E-state index contributed by atoms with van der Waals surface area (Å²) in [5.41, 5.74) is 0. The highest BCUT2D eigenvalue weighted by molar-refractivity contribution is 5.78. The zero-order chi connectivity index (χ0) is 7.98. The first-order valence-electron chi connectivity index (χ1n) is 3.29. The first-order chi connectivity index (χ1) is 4.72. The molecule has 4 nitrogen and oxygen atoms in total. The van der Waals surface area contributed by atoms with Crippen LogP contribution < -0.4 is 5.32 Å². The molecule has 0 aliphatic rings. The van der Waals surface area contributed by atoms with Crippen molar-refractivity contribution in [2.45, 2.75) is 20.1 Å². The minimum Gasteiger partial charge on any atom is -0.361 e. The van der Waals surface area contributed by atoms with Crippen LogP contribution in [0.3, 0.4) is 0 Å². The van der Waals surface area contributed by atoms with Gasteiger partial charge in [-0.15, -0.1) is 0 Å². The summed E-state index contributed by atoms with van der Waals surface area (Å²) in [5, 5.41) is 11.2. The monoisotopic (exact) mass is 147 g/mol. The summed E-state index contributed by atoms with van der Waals surface area (Å²) in [4.78, 5) is 10.6. The van der Waals surface area contributed by atoms with Crippen LogP contribution in [0.25, 0.3) is 0 Å². The van der Waals surface area contributed by atoms with Gasteiger partial charge >= 0.3 is 0 Å². The second-order valence-electron chi connectivity index (χ2n) is 1.70.